The quantitative estimate of drug-likeness (QED) is 0.739. The summed E-state index contributed by atoms with van der Waals surface area (Å²) in [5.74, 6) is 0.341. The smallest absolute Gasteiger partial charge is 0.226 e. The van der Waals surface area contributed by atoms with E-state index in [4.69, 9.17) is 9.52 Å². The minimum absolute atomic E-state index is 0.332. The van der Waals surface area contributed by atoms with Crippen LogP contribution < -0.4 is 5.43 Å². The van der Waals surface area contributed by atoms with Gasteiger partial charge in [-0.1, -0.05) is 23.9 Å². The lowest BCUT2D eigenvalue weighted by Crippen LogP contribution is -2.00. The molecular formula is C15H12FN3O3S. The SMILES string of the molecule is Cn1c(SCc2cc(=O)c(O)co2)nnc1-c1ccccc1F. The zero-order valence-corrected chi connectivity index (χ0v) is 12.9. The Labute approximate surface area is 134 Å². The van der Waals surface area contributed by atoms with Crippen molar-refractivity contribution in [2.45, 2.75) is 10.9 Å². The Morgan fingerprint density at radius 3 is 2.87 bits per heavy atom. The van der Waals surface area contributed by atoms with E-state index in [0.29, 0.717) is 28.1 Å². The minimum Gasteiger partial charge on any atom is -0.502 e. The Morgan fingerprint density at radius 1 is 1.35 bits per heavy atom. The topological polar surface area (TPSA) is 81.2 Å². The van der Waals surface area contributed by atoms with Crippen molar-refractivity contribution >= 4 is 11.8 Å². The van der Waals surface area contributed by atoms with E-state index in [1.165, 1.54) is 23.9 Å². The molecule has 2 heterocycles. The van der Waals surface area contributed by atoms with Gasteiger partial charge in [-0.15, -0.1) is 10.2 Å². The normalized spacial score (nSPS) is 10.9. The number of aromatic hydroxyl groups is 1. The van der Waals surface area contributed by atoms with E-state index < -0.39 is 11.2 Å². The van der Waals surface area contributed by atoms with E-state index in [0.717, 1.165) is 6.26 Å². The molecule has 0 radical (unpaired) electrons. The third-order valence-electron chi connectivity index (χ3n) is 3.16. The van der Waals surface area contributed by atoms with E-state index >= 15 is 0 Å². The van der Waals surface area contributed by atoms with Crippen LogP contribution in [0, 0.1) is 5.82 Å². The van der Waals surface area contributed by atoms with Gasteiger partial charge >= 0.3 is 0 Å². The molecule has 118 valence electrons. The average Bonchev–Trinajstić information content (AvgIpc) is 2.90. The predicted molar refractivity (Wildman–Crippen MR) is 82.6 cm³/mol. The minimum atomic E-state index is -0.503. The summed E-state index contributed by atoms with van der Waals surface area (Å²) in [7, 11) is 1.73. The summed E-state index contributed by atoms with van der Waals surface area (Å²) < 4.78 is 20.6. The Morgan fingerprint density at radius 2 is 2.13 bits per heavy atom. The maximum absolute atomic E-state index is 13.8. The highest BCUT2D eigenvalue weighted by molar-refractivity contribution is 7.98. The Hall–Kier alpha value is -2.61. The molecule has 0 saturated carbocycles. The maximum atomic E-state index is 13.8. The molecule has 23 heavy (non-hydrogen) atoms. The van der Waals surface area contributed by atoms with Crippen molar-refractivity contribution in [3.05, 3.63) is 58.4 Å². The molecule has 8 heteroatoms. The second-order valence-corrected chi connectivity index (χ2v) is 5.67. The van der Waals surface area contributed by atoms with Gasteiger partial charge in [0.05, 0.1) is 11.3 Å². The van der Waals surface area contributed by atoms with Crippen LogP contribution in [0.3, 0.4) is 0 Å². The van der Waals surface area contributed by atoms with E-state index in [1.54, 1.807) is 29.8 Å². The first-order valence-corrected chi connectivity index (χ1v) is 7.62. The number of benzene rings is 1. The van der Waals surface area contributed by atoms with Gasteiger partial charge in [0.25, 0.3) is 0 Å². The summed E-state index contributed by atoms with van der Waals surface area (Å²) in [5.41, 5.74) is -0.137. The molecule has 0 bridgehead atoms. The van der Waals surface area contributed by atoms with Gasteiger partial charge in [0, 0.05) is 13.1 Å². The number of thioether (sulfide) groups is 1. The lowest BCUT2D eigenvalue weighted by Gasteiger charge is -2.04. The van der Waals surface area contributed by atoms with Crippen molar-refractivity contribution in [2.75, 3.05) is 0 Å². The van der Waals surface area contributed by atoms with Gasteiger partial charge < -0.3 is 14.1 Å². The molecule has 0 atom stereocenters. The fraction of sp³-hybridized carbons (Fsp3) is 0.133. The second-order valence-electron chi connectivity index (χ2n) is 4.73. The van der Waals surface area contributed by atoms with Crippen LogP contribution in [0.5, 0.6) is 5.75 Å². The van der Waals surface area contributed by atoms with Gasteiger partial charge in [-0.3, -0.25) is 4.79 Å². The van der Waals surface area contributed by atoms with Crippen LogP contribution in [0.4, 0.5) is 4.39 Å². The molecule has 2 aromatic heterocycles. The molecule has 1 aromatic carbocycles. The monoisotopic (exact) mass is 333 g/mol. The molecule has 0 aliphatic heterocycles. The number of hydrogen-bond acceptors (Lipinski definition) is 6. The van der Waals surface area contributed by atoms with E-state index in [-0.39, 0.29) is 5.82 Å². The van der Waals surface area contributed by atoms with Crippen LogP contribution >= 0.6 is 11.8 Å². The number of halogens is 1. The van der Waals surface area contributed by atoms with Crippen molar-refractivity contribution in [3.8, 4) is 17.1 Å². The first-order valence-electron chi connectivity index (χ1n) is 6.64. The third-order valence-corrected chi connectivity index (χ3v) is 4.20. The predicted octanol–water partition coefficient (Wildman–Crippen LogP) is 2.57. The zero-order chi connectivity index (χ0) is 16.4. The van der Waals surface area contributed by atoms with Gasteiger partial charge in [-0.2, -0.15) is 0 Å². The third kappa shape index (κ3) is 3.11. The molecule has 0 spiro atoms. The van der Waals surface area contributed by atoms with Gasteiger partial charge in [0.2, 0.25) is 5.43 Å². The molecule has 0 amide bonds. The average molecular weight is 333 g/mol. The number of nitrogens with zero attached hydrogens (tertiary/aromatic N) is 3. The molecule has 6 nitrogen and oxygen atoms in total. The summed E-state index contributed by atoms with van der Waals surface area (Å²) in [6.45, 7) is 0. The van der Waals surface area contributed by atoms with E-state index in [9.17, 15) is 9.18 Å². The highest BCUT2D eigenvalue weighted by atomic mass is 32.2. The Bertz CT molecular complexity index is 907. The van der Waals surface area contributed by atoms with E-state index in [2.05, 4.69) is 10.2 Å². The molecule has 0 aliphatic rings. The Balaban J connectivity index is 1.81. The highest BCUT2D eigenvalue weighted by Crippen LogP contribution is 2.26. The van der Waals surface area contributed by atoms with Gasteiger partial charge in [-0.25, -0.2) is 4.39 Å². The molecule has 0 aliphatic carbocycles. The molecule has 3 aromatic rings. The lowest BCUT2D eigenvalue weighted by atomic mass is 10.2. The first kappa shape index (κ1) is 15.3. The highest BCUT2D eigenvalue weighted by Gasteiger charge is 2.15. The largest absolute Gasteiger partial charge is 0.502 e. The van der Waals surface area contributed by atoms with Crippen LogP contribution in [0.1, 0.15) is 5.76 Å². The summed E-state index contributed by atoms with van der Waals surface area (Å²) in [4.78, 5) is 11.4. The summed E-state index contributed by atoms with van der Waals surface area (Å²) in [6.07, 6.45) is 1.000. The second kappa shape index (κ2) is 6.25. The molecule has 3 rings (SSSR count). The van der Waals surface area contributed by atoms with Gasteiger partial charge in [-0.05, 0) is 12.1 Å². The summed E-state index contributed by atoms with van der Waals surface area (Å²) >= 11 is 1.29. The van der Waals surface area contributed by atoms with Crippen molar-refractivity contribution in [3.63, 3.8) is 0 Å². The first-order chi connectivity index (χ1) is 11.1. The van der Waals surface area contributed by atoms with Crippen LogP contribution in [-0.2, 0) is 12.8 Å². The molecule has 0 unspecified atom stereocenters. The van der Waals surface area contributed by atoms with Crippen molar-refractivity contribution in [1.82, 2.24) is 14.8 Å². The summed E-state index contributed by atoms with van der Waals surface area (Å²) in [5, 5.41) is 17.7. The van der Waals surface area contributed by atoms with E-state index in [1.807, 2.05) is 0 Å². The number of aromatic nitrogens is 3. The molecule has 0 saturated heterocycles. The van der Waals surface area contributed by atoms with Gasteiger partial charge in [0.1, 0.15) is 17.8 Å². The summed E-state index contributed by atoms with van der Waals surface area (Å²) in [6, 6.07) is 7.55. The van der Waals surface area contributed by atoms with Gasteiger partial charge in [0.15, 0.2) is 16.7 Å². The van der Waals surface area contributed by atoms with Crippen molar-refractivity contribution in [2.24, 2.45) is 7.05 Å². The Kier molecular flexibility index (Phi) is 4.16. The standard InChI is InChI=1S/C15H12FN3O3S/c1-19-14(10-4-2-3-5-11(10)16)17-18-15(19)23-8-9-6-12(20)13(21)7-22-9/h2-7,21H,8H2,1H3. The zero-order valence-electron chi connectivity index (χ0n) is 12.1. The lowest BCUT2D eigenvalue weighted by molar-refractivity contribution is 0.419. The van der Waals surface area contributed by atoms with Crippen LogP contribution in [-0.4, -0.2) is 19.9 Å². The fourth-order valence-electron chi connectivity index (χ4n) is 1.97. The van der Waals surface area contributed by atoms with Crippen molar-refractivity contribution in [1.29, 1.82) is 0 Å². The molecule has 0 fully saturated rings. The van der Waals surface area contributed by atoms with Crippen LogP contribution in [0.2, 0.25) is 0 Å². The van der Waals surface area contributed by atoms with Crippen LogP contribution in [0.25, 0.3) is 11.4 Å². The molecule has 1 N–H and O–H groups in total. The van der Waals surface area contributed by atoms with Crippen molar-refractivity contribution < 1.29 is 13.9 Å². The van der Waals surface area contributed by atoms with Crippen LogP contribution in [0.15, 0.2) is 51.0 Å². The maximum Gasteiger partial charge on any atom is 0.226 e. The molecular weight excluding hydrogens is 321 g/mol. The number of hydrogen-bond donors (Lipinski definition) is 1. The fourth-order valence-corrected chi connectivity index (χ4v) is 2.77. The number of rotatable bonds is 4.